The van der Waals surface area contributed by atoms with Crippen LogP contribution in [0, 0.1) is 0 Å². The minimum atomic E-state index is 0.875. The SMILES string of the molecule is c1ccc(-c2ccc(N(c3cccc(-c4ccc5ccccc5c4)c3)c3ccc4c(c3)oc3c5ccccc5ccc43)cc2)cc1. The predicted molar refractivity (Wildman–Crippen MR) is 194 cm³/mol. The highest BCUT2D eigenvalue weighted by atomic mass is 16.3. The molecule has 0 aliphatic heterocycles. The van der Waals surface area contributed by atoms with Crippen molar-refractivity contribution in [3.8, 4) is 22.3 Å². The molecule has 0 fully saturated rings. The Balaban J connectivity index is 1.20. The largest absolute Gasteiger partial charge is 0.455 e. The molecule has 0 aliphatic carbocycles. The van der Waals surface area contributed by atoms with Crippen LogP contribution in [0.5, 0.6) is 0 Å². The molecule has 216 valence electrons. The number of furan rings is 1. The van der Waals surface area contributed by atoms with E-state index in [1.54, 1.807) is 0 Å². The highest BCUT2D eigenvalue weighted by molar-refractivity contribution is 6.15. The normalized spacial score (nSPS) is 11.5. The first-order valence-electron chi connectivity index (χ1n) is 15.7. The van der Waals surface area contributed by atoms with Crippen LogP contribution in [0.25, 0.3) is 65.7 Å². The summed E-state index contributed by atoms with van der Waals surface area (Å²) in [5.41, 5.74) is 9.77. The van der Waals surface area contributed by atoms with E-state index in [2.05, 4.69) is 181 Å². The summed E-state index contributed by atoms with van der Waals surface area (Å²) in [6.45, 7) is 0. The molecule has 9 rings (SSSR count). The van der Waals surface area contributed by atoms with Gasteiger partial charge in [-0.3, -0.25) is 0 Å². The van der Waals surface area contributed by atoms with Gasteiger partial charge in [0.05, 0.1) is 0 Å². The predicted octanol–water partition coefficient (Wildman–Crippen LogP) is 12.7. The summed E-state index contributed by atoms with van der Waals surface area (Å²) in [4.78, 5) is 2.32. The molecule has 1 aromatic heterocycles. The van der Waals surface area contributed by atoms with Crippen molar-refractivity contribution in [2.45, 2.75) is 0 Å². The third-order valence-electron chi connectivity index (χ3n) is 9.02. The van der Waals surface area contributed by atoms with E-state index in [0.29, 0.717) is 0 Å². The van der Waals surface area contributed by atoms with E-state index in [9.17, 15) is 0 Å². The van der Waals surface area contributed by atoms with Gasteiger partial charge in [0.1, 0.15) is 11.2 Å². The second-order valence-electron chi connectivity index (χ2n) is 11.8. The minimum Gasteiger partial charge on any atom is -0.455 e. The quantitative estimate of drug-likeness (QED) is 0.199. The maximum Gasteiger partial charge on any atom is 0.143 e. The number of fused-ring (bicyclic) bond motifs is 6. The van der Waals surface area contributed by atoms with E-state index in [1.807, 2.05) is 0 Å². The summed E-state index contributed by atoms with van der Waals surface area (Å²) >= 11 is 0. The average Bonchev–Trinajstić information content (AvgIpc) is 3.51. The van der Waals surface area contributed by atoms with Crippen LogP contribution in [0.4, 0.5) is 17.1 Å². The molecular formula is C44H29NO. The molecule has 2 nitrogen and oxygen atoms in total. The van der Waals surface area contributed by atoms with Crippen molar-refractivity contribution in [3.05, 3.63) is 176 Å². The van der Waals surface area contributed by atoms with Gasteiger partial charge in [0.25, 0.3) is 0 Å². The third kappa shape index (κ3) is 4.51. The Morgan fingerprint density at radius 1 is 0.326 bits per heavy atom. The number of benzene rings is 8. The summed E-state index contributed by atoms with van der Waals surface area (Å²) < 4.78 is 6.61. The summed E-state index contributed by atoms with van der Waals surface area (Å²) in [6, 6.07) is 62.7. The molecule has 8 aromatic carbocycles. The lowest BCUT2D eigenvalue weighted by atomic mass is 10.00. The van der Waals surface area contributed by atoms with Gasteiger partial charge in [-0.2, -0.15) is 0 Å². The van der Waals surface area contributed by atoms with Crippen LogP contribution in [0.3, 0.4) is 0 Å². The lowest BCUT2D eigenvalue weighted by Crippen LogP contribution is -2.10. The van der Waals surface area contributed by atoms with Crippen LogP contribution in [0.2, 0.25) is 0 Å². The van der Waals surface area contributed by atoms with E-state index in [0.717, 1.165) is 44.4 Å². The summed E-state index contributed by atoms with van der Waals surface area (Å²) in [6.07, 6.45) is 0. The van der Waals surface area contributed by atoms with Gasteiger partial charge in [-0.1, -0.05) is 121 Å². The Bertz CT molecular complexity index is 2530. The highest BCUT2D eigenvalue weighted by Gasteiger charge is 2.17. The smallest absolute Gasteiger partial charge is 0.143 e. The zero-order chi connectivity index (χ0) is 30.5. The van der Waals surface area contributed by atoms with Gasteiger partial charge in [-0.15, -0.1) is 0 Å². The molecule has 0 N–H and O–H groups in total. The Labute approximate surface area is 267 Å². The molecule has 46 heavy (non-hydrogen) atoms. The molecule has 0 saturated heterocycles. The standard InChI is InChI=1S/C44H29NO/c1-2-9-30(10-3-1)32-19-22-37(23-20-32)45(38-15-8-14-35(28-38)36-18-17-31-11-4-5-13-34(31)27-36)39-24-26-41-42-25-21-33-12-6-7-16-40(33)44(42)46-43(41)29-39/h1-29H. The van der Waals surface area contributed by atoms with Gasteiger partial charge in [0.2, 0.25) is 0 Å². The van der Waals surface area contributed by atoms with Gasteiger partial charge in [0.15, 0.2) is 0 Å². The van der Waals surface area contributed by atoms with Gasteiger partial charge in [-0.05, 0) is 86.9 Å². The Morgan fingerprint density at radius 3 is 1.80 bits per heavy atom. The Morgan fingerprint density at radius 2 is 0.935 bits per heavy atom. The van der Waals surface area contributed by atoms with Gasteiger partial charge < -0.3 is 9.32 Å². The molecule has 0 amide bonds. The van der Waals surface area contributed by atoms with Gasteiger partial charge in [-0.25, -0.2) is 0 Å². The number of hydrogen-bond acceptors (Lipinski definition) is 2. The molecule has 1 heterocycles. The number of hydrogen-bond donors (Lipinski definition) is 0. The second kappa shape index (κ2) is 10.8. The van der Waals surface area contributed by atoms with Crippen molar-refractivity contribution < 1.29 is 4.42 Å². The Hall–Kier alpha value is -6.12. The van der Waals surface area contributed by atoms with E-state index >= 15 is 0 Å². The van der Waals surface area contributed by atoms with Crippen molar-refractivity contribution in [2.24, 2.45) is 0 Å². The fourth-order valence-corrected chi connectivity index (χ4v) is 6.71. The first-order chi connectivity index (χ1) is 22.8. The molecule has 0 aliphatic rings. The zero-order valence-electron chi connectivity index (χ0n) is 25.1. The second-order valence-corrected chi connectivity index (χ2v) is 11.8. The summed E-state index contributed by atoms with van der Waals surface area (Å²) in [5.74, 6) is 0. The fraction of sp³-hybridized carbons (Fsp3) is 0. The average molecular weight is 588 g/mol. The van der Waals surface area contributed by atoms with Crippen LogP contribution >= 0.6 is 0 Å². The van der Waals surface area contributed by atoms with E-state index in [-0.39, 0.29) is 0 Å². The number of anilines is 3. The molecule has 2 heteroatoms. The molecule has 0 radical (unpaired) electrons. The highest BCUT2D eigenvalue weighted by Crippen LogP contribution is 2.41. The summed E-state index contributed by atoms with van der Waals surface area (Å²) in [7, 11) is 0. The van der Waals surface area contributed by atoms with Crippen LogP contribution in [0.15, 0.2) is 180 Å². The van der Waals surface area contributed by atoms with Crippen LogP contribution in [-0.4, -0.2) is 0 Å². The maximum atomic E-state index is 6.61. The van der Waals surface area contributed by atoms with Crippen LogP contribution in [0.1, 0.15) is 0 Å². The monoisotopic (exact) mass is 587 g/mol. The lowest BCUT2D eigenvalue weighted by Gasteiger charge is -2.26. The van der Waals surface area contributed by atoms with Gasteiger partial charge in [0, 0.05) is 39.3 Å². The first-order valence-corrected chi connectivity index (χ1v) is 15.7. The lowest BCUT2D eigenvalue weighted by molar-refractivity contribution is 0.672. The molecule has 0 unspecified atom stereocenters. The van der Waals surface area contributed by atoms with E-state index < -0.39 is 0 Å². The topological polar surface area (TPSA) is 16.4 Å². The van der Waals surface area contributed by atoms with Crippen LogP contribution < -0.4 is 4.90 Å². The molecule has 0 bridgehead atoms. The van der Waals surface area contributed by atoms with Crippen LogP contribution in [-0.2, 0) is 0 Å². The van der Waals surface area contributed by atoms with Crippen molar-refractivity contribution in [3.63, 3.8) is 0 Å². The molecule has 0 spiro atoms. The zero-order valence-corrected chi connectivity index (χ0v) is 25.1. The molecular weight excluding hydrogens is 558 g/mol. The van der Waals surface area contributed by atoms with E-state index in [4.69, 9.17) is 4.42 Å². The Kier molecular flexibility index (Phi) is 6.17. The molecule has 0 saturated carbocycles. The first kappa shape index (κ1) is 26.3. The maximum absolute atomic E-state index is 6.61. The van der Waals surface area contributed by atoms with Gasteiger partial charge >= 0.3 is 0 Å². The van der Waals surface area contributed by atoms with Crippen molar-refractivity contribution in [1.29, 1.82) is 0 Å². The van der Waals surface area contributed by atoms with E-state index in [1.165, 1.54) is 38.4 Å². The fourth-order valence-electron chi connectivity index (χ4n) is 6.71. The number of rotatable bonds is 5. The summed E-state index contributed by atoms with van der Waals surface area (Å²) in [5, 5.41) is 7.05. The third-order valence-corrected chi connectivity index (χ3v) is 9.02. The number of nitrogens with zero attached hydrogens (tertiary/aromatic N) is 1. The van der Waals surface area contributed by atoms with Crippen molar-refractivity contribution in [2.75, 3.05) is 4.90 Å². The molecule has 9 aromatic rings. The molecule has 0 atom stereocenters. The van der Waals surface area contributed by atoms with Crippen molar-refractivity contribution in [1.82, 2.24) is 0 Å². The van der Waals surface area contributed by atoms with Crippen molar-refractivity contribution >= 4 is 60.5 Å². The minimum absolute atomic E-state index is 0.875.